The van der Waals surface area contributed by atoms with E-state index in [0.717, 1.165) is 38.3 Å². The zero-order valence-electron chi connectivity index (χ0n) is 19.3. The van der Waals surface area contributed by atoms with E-state index in [4.69, 9.17) is 4.74 Å². The first kappa shape index (κ1) is 22.8. The summed E-state index contributed by atoms with van der Waals surface area (Å²) < 4.78 is 9.17. The first-order valence-electron chi connectivity index (χ1n) is 11.4. The number of carbonyl (C=O) groups is 1. The van der Waals surface area contributed by atoms with Crippen LogP contribution in [0.5, 0.6) is 5.75 Å². The van der Waals surface area contributed by atoms with Gasteiger partial charge in [-0.2, -0.15) is 0 Å². The van der Waals surface area contributed by atoms with Gasteiger partial charge in [0.25, 0.3) is 11.5 Å². The van der Waals surface area contributed by atoms with Gasteiger partial charge >= 0.3 is 0 Å². The van der Waals surface area contributed by atoms with E-state index in [-0.39, 0.29) is 11.5 Å². The minimum atomic E-state index is -0.200. The third-order valence-electron chi connectivity index (χ3n) is 6.23. The number of methoxy groups -OCH3 is 1. The molecule has 174 valence electrons. The molecule has 0 fully saturated rings. The molecule has 8 nitrogen and oxygen atoms in total. The van der Waals surface area contributed by atoms with Gasteiger partial charge < -0.3 is 19.2 Å². The van der Waals surface area contributed by atoms with E-state index in [1.165, 1.54) is 24.3 Å². The van der Waals surface area contributed by atoms with Gasteiger partial charge in [-0.1, -0.05) is 24.3 Å². The molecule has 0 saturated carbocycles. The molecule has 8 heteroatoms. The average Bonchev–Trinajstić information content (AvgIpc) is 3.24. The number of pyridine rings is 1. The van der Waals surface area contributed by atoms with Crippen LogP contribution in [-0.2, 0) is 26.1 Å². The van der Waals surface area contributed by atoms with E-state index in [1.807, 2.05) is 16.8 Å². The molecule has 3 aromatic rings. The minimum Gasteiger partial charge on any atom is -0.496 e. The summed E-state index contributed by atoms with van der Waals surface area (Å²) in [5.41, 5.74) is 3.63. The molecule has 0 saturated heterocycles. The Morgan fingerprint density at radius 2 is 2.06 bits per heavy atom. The Morgan fingerprint density at radius 3 is 2.82 bits per heavy atom. The van der Waals surface area contributed by atoms with Crippen molar-refractivity contribution >= 4 is 5.91 Å². The summed E-state index contributed by atoms with van der Waals surface area (Å²) in [6.45, 7) is 6.30. The maximum atomic E-state index is 13.2. The fourth-order valence-corrected chi connectivity index (χ4v) is 4.36. The second kappa shape index (κ2) is 10.5. The van der Waals surface area contributed by atoms with Crippen LogP contribution in [0.15, 0.2) is 53.8 Å². The van der Waals surface area contributed by atoms with Crippen LogP contribution >= 0.6 is 0 Å². The van der Waals surface area contributed by atoms with Crippen LogP contribution < -0.4 is 15.6 Å². The Morgan fingerprint density at radius 1 is 1.21 bits per heavy atom. The predicted octanol–water partition coefficient (Wildman–Crippen LogP) is 2.24. The standard InChI is InChI=1S/C25H31N5O3/c1-19-6-3-4-7-20(19)17-28-12-8-21-24(22(33-2)16-23(31)30(21)15-14-28)25(32)27-9-5-11-29-13-10-26-18-29/h3-4,6-7,10,13,16,18H,5,8-9,11-12,14-15,17H2,1-2H3,(H,27,32). The van der Waals surface area contributed by atoms with Crippen molar-refractivity contribution in [2.45, 2.75) is 39.4 Å². The number of amides is 1. The van der Waals surface area contributed by atoms with Gasteiger partial charge in [0.2, 0.25) is 0 Å². The minimum absolute atomic E-state index is 0.128. The SMILES string of the molecule is COc1cc(=O)n2c(c1C(=O)NCCCn1ccnc1)CCN(Cc1ccccc1C)CC2. The number of aromatic nitrogens is 3. The second-order valence-electron chi connectivity index (χ2n) is 8.39. The molecule has 1 aromatic carbocycles. The van der Waals surface area contributed by atoms with Crippen molar-refractivity contribution in [1.29, 1.82) is 0 Å². The molecule has 3 heterocycles. The number of nitrogens with one attached hydrogen (secondary N) is 1. The fourth-order valence-electron chi connectivity index (χ4n) is 4.36. The Hall–Kier alpha value is -3.39. The molecular formula is C25H31N5O3. The Kier molecular flexibility index (Phi) is 7.24. The highest BCUT2D eigenvalue weighted by Gasteiger charge is 2.25. The van der Waals surface area contributed by atoms with Gasteiger partial charge in [0.1, 0.15) is 11.3 Å². The Balaban J connectivity index is 1.49. The zero-order valence-corrected chi connectivity index (χ0v) is 19.3. The van der Waals surface area contributed by atoms with E-state index in [0.29, 0.717) is 30.8 Å². The highest BCUT2D eigenvalue weighted by Crippen LogP contribution is 2.23. The van der Waals surface area contributed by atoms with Crippen molar-refractivity contribution in [3.63, 3.8) is 0 Å². The van der Waals surface area contributed by atoms with Crippen LogP contribution in [0.25, 0.3) is 0 Å². The van der Waals surface area contributed by atoms with Crippen LogP contribution in [0.4, 0.5) is 0 Å². The first-order valence-corrected chi connectivity index (χ1v) is 11.4. The van der Waals surface area contributed by atoms with Crippen molar-refractivity contribution in [3.05, 3.63) is 81.8 Å². The van der Waals surface area contributed by atoms with Crippen LogP contribution in [0.3, 0.4) is 0 Å². The largest absolute Gasteiger partial charge is 0.496 e. The van der Waals surface area contributed by atoms with Gasteiger partial charge in [-0.25, -0.2) is 4.98 Å². The highest BCUT2D eigenvalue weighted by atomic mass is 16.5. The highest BCUT2D eigenvalue weighted by molar-refractivity contribution is 5.98. The predicted molar refractivity (Wildman–Crippen MR) is 127 cm³/mol. The lowest BCUT2D eigenvalue weighted by Crippen LogP contribution is -2.32. The lowest BCUT2D eigenvalue weighted by Gasteiger charge is -2.20. The molecule has 1 aliphatic heterocycles. The lowest BCUT2D eigenvalue weighted by atomic mass is 10.1. The number of ether oxygens (including phenoxy) is 1. The van der Waals surface area contributed by atoms with E-state index in [9.17, 15) is 9.59 Å². The molecule has 0 atom stereocenters. The van der Waals surface area contributed by atoms with Crippen LogP contribution in [0.2, 0.25) is 0 Å². The van der Waals surface area contributed by atoms with E-state index < -0.39 is 0 Å². The van der Waals surface area contributed by atoms with Crippen LogP contribution in [0.1, 0.15) is 33.6 Å². The molecule has 0 bridgehead atoms. The summed E-state index contributed by atoms with van der Waals surface area (Å²) in [6, 6.07) is 9.79. The molecule has 1 N–H and O–H groups in total. The van der Waals surface area contributed by atoms with E-state index >= 15 is 0 Å². The fraction of sp³-hybridized carbons (Fsp3) is 0.400. The van der Waals surface area contributed by atoms with Crippen molar-refractivity contribution < 1.29 is 9.53 Å². The number of carbonyl (C=O) groups excluding carboxylic acids is 1. The molecule has 0 unspecified atom stereocenters. The van der Waals surface area contributed by atoms with Gasteiger partial charge in [-0.05, 0) is 24.5 Å². The quantitative estimate of drug-likeness (QED) is 0.534. The second-order valence-corrected chi connectivity index (χ2v) is 8.39. The molecule has 2 aromatic heterocycles. The number of aryl methyl sites for hydroxylation is 2. The number of benzene rings is 1. The van der Waals surface area contributed by atoms with Gasteiger partial charge in [0.05, 0.1) is 13.4 Å². The van der Waals surface area contributed by atoms with Crippen molar-refractivity contribution in [3.8, 4) is 5.75 Å². The first-order chi connectivity index (χ1) is 16.1. The third kappa shape index (κ3) is 5.34. The number of fused-ring (bicyclic) bond motifs is 1. The summed E-state index contributed by atoms with van der Waals surface area (Å²) in [5.74, 6) is 0.138. The molecular weight excluding hydrogens is 418 g/mol. The van der Waals surface area contributed by atoms with Gasteiger partial charge in [0, 0.05) is 69.8 Å². The number of nitrogens with zero attached hydrogens (tertiary/aromatic N) is 4. The molecule has 0 aliphatic carbocycles. The summed E-state index contributed by atoms with van der Waals surface area (Å²) in [4.78, 5) is 32.3. The molecule has 33 heavy (non-hydrogen) atoms. The maximum absolute atomic E-state index is 13.2. The Bertz CT molecular complexity index is 1150. The van der Waals surface area contributed by atoms with Gasteiger partial charge in [-0.3, -0.25) is 14.5 Å². The maximum Gasteiger partial charge on any atom is 0.256 e. The molecule has 4 rings (SSSR count). The van der Waals surface area contributed by atoms with Crippen LogP contribution in [-0.4, -0.2) is 51.7 Å². The Labute approximate surface area is 193 Å². The van der Waals surface area contributed by atoms with Crippen LogP contribution in [0, 0.1) is 6.92 Å². The molecule has 0 spiro atoms. The lowest BCUT2D eigenvalue weighted by molar-refractivity contribution is 0.0947. The van der Waals surface area contributed by atoms with Crippen molar-refractivity contribution in [2.24, 2.45) is 0 Å². The van der Waals surface area contributed by atoms with Crippen molar-refractivity contribution in [1.82, 2.24) is 24.3 Å². The molecule has 1 aliphatic rings. The average molecular weight is 450 g/mol. The topological polar surface area (TPSA) is 81.4 Å². The normalized spacial score (nSPS) is 13.9. The van der Waals surface area contributed by atoms with E-state index in [1.54, 1.807) is 17.1 Å². The van der Waals surface area contributed by atoms with E-state index in [2.05, 4.69) is 40.3 Å². The molecule has 1 amide bonds. The smallest absolute Gasteiger partial charge is 0.256 e. The zero-order chi connectivity index (χ0) is 23.2. The van der Waals surface area contributed by atoms with Gasteiger partial charge in [-0.15, -0.1) is 0 Å². The monoisotopic (exact) mass is 449 g/mol. The third-order valence-corrected chi connectivity index (χ3v) is 6.23. The summed E-state index contributed by atoms with van der Waals surface area (Å²) >= 11 is 0. The summed E-state index contributed by atoms with van der Waals surface area (Å²) in [6.07, 6.45) is 6.79. The number of hydrogen-bond donors (Lipinski definition) is 1. The summed E-state index contributed by atoms with van der Waals surface area (Å²) in [5, 5.41) is 3.00. The number of hydrogen-bond acceptors (Lipinski definition) is 5. The molecule has 0 radical (unpaired) electrons. The summed E-state index contributed by atoms with van der Waals surface area (Å²) in [7, 11) is 1.50. The van der Waals surface area contributed by atoms with Gasteiger partial charge in [0.15, 0.2) is 0 Å². The number of rotatable bonds is 8. The number of imidazole rings is 1. The van der Waals surface area contributed by atoms with Crippen molar-refractivity contribution in [2.75, 3.05) is 26.7 Å².